The van der Waals surface area contributed by atoms with E-state index < -0.39 is 0 Å². The van der Waals surface area contributed by atoms with Crippen molar-refractivity contribution in [1.82, 2.24) is 15.1 Å². The Labute approximate surface area is 154 Å². The molecule has 0 unspecified atom stereocenters. The molecule has 0 bridgehead atoms. The predicted octanol–water partition coefficient (Wildman–Crippen LogP) is 2.57. The van der Waals surface area contributed by atoms with Crippen LogP contribution in [0.25, 0.3) is 0 Å². The van der Waals surface area contributed by atoms with Gasteiger partial charge in [-0.1, -0.05) is 29.2 Å². The molecule has 9 heteroatoms. The summed E-state index contributed by atoms with van der Waals surface area (Å²) < 4.78 is 0.716. The maximum Gasteiger partial charge on any atom is 0.253 e. The number of hydrogen-bond donors (Lipinski definition) is 2. The van der Waals surface area contributed by atoms with E-state index in [2.05, 4.69) is 27.4 Å². The standard InChI is InChI=1S/C16H19N5O2S2/c1-4-9-17-15-19-20-16(25-15)24-10-13(22)18-12-7-5-11(6-8-12)14(23)21(2)3/h4-8H,1,9-10H2,2-3H3,(H,17,19)(H,18,22). The molecule has 2 amide bonds. The Kier molecular flexibility index (Phi) is 6.96. The molecule has 0 aliphatic carbocycles. The maximum atomic E-state index is 12.0. The van der Waals surface area contributed by atoms with E-state index in [1.807, 2.05) is 0 Å². The van der Waals surface area contributed by atoms with E-state index in [4.69, 9.17) is 0 Å². The van der Waals surface area contributed by atoms with Gasteiger partial charge in [0.1, 0.15) is 0 Å². The molecule has 7 nitrogen and oxygen atoms in total. The van der Waals surface area contributed by atoms with Crippen LogP contribution >= 0.6 is 23.1 Å². The Bertz CT molecular complexity index is 743. The minimum atomic E-state index is -0.146. The fourth-order valence-corrected chi connectivity index (χ4v) is 3.34. The highest BCUT2D eigenvalue weighted by molar-refractivity contribution is 8.01. The number of rotatable bonds is 8. The zero-order chi connectivity index (χ0) is 18.2. The van der Waals surface area contributed by atoms with Gasteiger partial charge in [-0.15, -0.1) is 16.8 Å². The van der Waals surface area contributed by atoms with E-state index in [-0.39, 0.29) is 17.6 Å². The lowest BCUT2D eigenvalue weighted by atomic mass is 10.2. The van der Waals surface area contributed by atoms with Crippen LogP contribution in [0, 0.1) is 0 Å². The zero-order valence-corrected chi connectivity index (χ0v) is 15.6. The quantitative estimate of drug-likeness (QED) is 0.543. The largest absolute Gasteiger partial charge is 0.357 e. The van der Waals surface area contributed by atoms with Crippen molar-refractivity contribution >= 4 is 45.7 Å². The molecule has 132 valence electrons. The fourth-order valence-electron chi connectivity index (χ4n) is 1.78. The summed E-state index contributed by atoms with van der Waals surface area (Å²) in [5.41, 5.74) is 1.22. The summed E-state index contributed by atoms with van der Waals surface area (Å²) in [6.45, 7) is 4.24. The van der Waals surface area contributed by atoms with Crippen molar-refractivity contribution in [2.45, 2.75) is 4.34 Å². The Morgan fingerprint density at radius 2 is 2.00 bits per heavy atom. The number of anilines is 2. The Hall–Kier alpha value is -2.39. The topological polar surface area (TPSA) is 87.2 Å². The first-order chi connectivity index (χ1) is 12.0. The van der Waals surface area contributed by atoms with Crippen LogP contribution in [0.15, 0.2) is 41.3 Å². The van der Waals surface area contributed by atoms with Crippen molar-refractivity contribution in [2.75, 3.05) is 37.0 Å². The first-order valence-corrected chi connectivity index (χ1v) is 9.22. The number of aromatic nitrogens is 2. The molecular formula is C16H19N5O2S2. The van der Waals surface area contributed by atoms with E-state index in [0.717, 1.165) is 0 Å². The number of carbonyl (C=O) groups is 2. The molecule has 1 heterocycles. The highest BCUT2D eigenvalue weighted by atomic mass is 32.2. The normalized spacial score (nSPS) is 10.2. The first-order valence-electron chi connectivity index (χ1n) is 7.42. The molecule has 0 spiro atoms. The van der Waals surface area contributed by atoms with Gasteiger partial charge in [0.2, 0.25) is 11.0 Å². The Morgan fingerprint density at radius 1 is 1.28 bits per heavy atom. The molecule has 25 heavy (non-hydrogen) atoms. The fraction of sp³-hybridized carbons (Fsp3) is 0.250. The molecule has 1 aromatic heterocycles. The van der Waals surface area contributed by atoms with Crippen LogP contribution in [-0.2, 0) is 4.79 Å². The first kappa shape index (κ1) is 18.9. The van der Waals surface area contributed by atoms with Gasteiger partial charge in [-0.2, -0.15) is 0 Å². The smallest absolute Gasteiger partial charge is 0.253 e. The lowest BCUT2D eigenvalue weighted by Crippen LogP contribution is -2.21. The van der Waals surface area contributed by atoms with Crippen molar-refractivity contribution < 1.29 is 9.59 Å². The van der Waals surface area contributed by atoms with Gasteiger partial charge in [-0.25, -0.2) is 0 Å². The lowest BCUT2D eigenvalue weighted by molar-refractivity contribution is -0.113. The van der Waals surface area contributed by atoms with Gasteiger partial charge in [0, 0.05) is 31.9 Å². The molecule has 0 aliphatic heterocycles. The SMILES string of the molecule is C=CCNc1nnc(SCC(=O)Nc2ccc(C(=O)N(C)C)cc2)s1. The molecule has 2 N–H and O–H groups in total. The third kappa shape index (κ3) is 5.87. The summed E-state index contributed by atoms with van der Waals surface area (Å²) in [6.07, 6.45) is 1.74. The average molecular weight is 377 g/mol. The van der Waals surface area contributed by atoms with Crippen molar-refractivity contribution in [3.63, 3.8) is 0 Å². The number of hydrogen-bond acceptors (Lipinski definition) is 7. The zero-order valence-electron chi connectivity index (χ0n) is 14.0. The molecule has 0 atom stereocenters. The van der Waals surface area contributed by atoms with E-state index >= 15 is 0 Å². The minimum Gasteiger partial charge on any atom is -0.357 e. The number of amides is 2. The van der Waals surface area contributed by atoms with Gasteiger partial charge < -0.3 is 15.5 Å². The van der Waals surface area contributed by atoms with Gasteiger partial charge >= 0.3 is 0 Å². The molecule has 2 aromatic rings. The number of nitrogens with one attached hydrogen (secondary N) is 2. The van der Waals surface area contributed by atoms with Crippen molar-refractivity contribution in [2.24, 2.45) is 0 Å². The molecule has 0 saturated carbocycles. The van der Waals surface area contributed by atoms with Crippen LogP contribution < -0.4 is 10.6 Å². The van der Waals surface area contributed by atoms with E-state index in [1.165, 1.54) is 28.0 Å². The number of benzene rings is 1. The monoisotopic (exact) mass is 377 g/mol. The average Bonchev–Trinajstić information content (AvgIpc) is 3.06. The molecule has 0 radical (unpaired) electrons. The Balaban J connectivity index is 1.82. The van der Waals surface area contributed by atoms with Gasteiger partial charge in [-0.05, 0) is 24.3 Å². The van der Waals surface area contributed by atoms with Crippen LogP contribution in [0.4, 0.5) is 10.8 Å². The van der Waals surface area contributed by atoms with Crippen LogP contribution in [-0.4, -0.2) is 53.3 Å². The van der Waals surface area contributed by atoms with Gasteiger partial charge in [0.25, 0.3) is 5.91 Å². The van der Waals surface area contributed by atoms with Gasteiger partial charge in [0.05, 0.1) is 5.75 Å². The molecule has 0 saturated heterocycles. The van der Waals surface area contributed by atoms with Crippen molar-refractivity contribution in [1.29, 1.82) is 0 Å². The molecule has 2 rings (SSSR count). The van der Waals surface area contributed by atoms with Crippen LogP contribution in [0.1, 0.15) is 10.4 Å². The highest BCUT2D eigenvalue weighted by Crippen LogP contribution is 2.25. The Morgan fingerprint density at radius 3 is 2.64 bits per heavy atom. The van der Waals surface area contributed by atoms with E-state index in [0.29, 0.717) is 27.3 Å². The summed E-state index contributed by atoms with van der Waals surface area (Å²) in [6, 6.07) is 6.80. The predicted molar refractivity (Wildman–Crippen MR) is 102 cm³/mol. The summed E-state index contributed by atoms with van der Waals surface area (Å²) in [5, 5.41) is 14.5. The molecule has 1 aromatic carbocycles. The highest BCUT2D eigenvalue weighted by Gasteiger charge is 2.10. The molecular weight excluding hydrogens is 358 g/mol. The van der Waals surface area contributed by atoms with Crippen molar-refractivity contribution in [3.05, 3.63) is 42.5 Å². The minimum absolute atomic E-state index is 0.0782. The van der Waals surface area contributed by atoms with E-state index in [1.54, 1.807) is 44.4 Å². The number of thioether (sulfide) groups is 1. The van der Waals surface area contributed by atoms with Crippen LogP contribution in [0.2, 0.25) is 0 Å². The van der Waals surface area contributed by atoms with E-state index in [9.17, 15) is 9.59 Å². The third-order valence-electron chi connectivity index (χ3n) is 2.95. The molecule has 0 aliphatic rings. The number of carbonyl (C=O) groups excluding carboxylic acids is 2. The summed E-state index contributed by atoms with van der Waals surface area (Å²) in [5.74, 6) is 0.00660. The lowest BCUT2D eigenvalue weighted by Gasteiger charge is -2.10. The summed E-state index contributed by atoms with van der Waals surface area (Å²) >= 11 is 2.71. The van der Waals surface area contributed by atoms with Gasteiger partial charge in [-0.3, -0.25) is 9.59 Å². The van der Waals surface area contributed by atoms with Crippen LogP contribution in [0.3, 0.4) is 0 Å². The second-order valence-electron chi connectivity index (χ2n) is 5.16. The second-order valence-corrected chi connectivity index (χ2v) is 7.36. The third-order valence-corrected chi connectivity index (χ3v) is 4.97. The summed E-state index contributed by atoms with van der Waals surface area (Å²) in [7, 11) is 3.39. The number of nitrogens with zero attached hydrogens (tertiary/aromatic N) is 3. The summed E-state index contributed by atoms with van der Waals surface area (Å²) in [4.78, 5) is 25.3. The maximum absolute atomic E-state index is 12.0. The van der Waals surface area contributed by atoms with Crippen molar-refractivity contribution in [3.8, 4) is 0 Å². The molecule has 0 fully saturated rings. The second kappa shape index (κ2) is 9.19. The van der Waals surface area contributed by atoms with Gasteiger partial charge in [0.15, 0.2) is 4.34 Å². The van der Waals surface area contributed by atoms with Crippen LogP contribution in [0.5, 0.6) is 0 Å².